The van der Waals surface area contributed by atoms with Crippen LogP contribution in [0.3, 0.4) is 0 Å². The summed E-state index contributed by atoms with van der Waals surface area (Å²) in [4.78, 5) is 23.0. The van der Waals surface area contributed by atoms with Crippen LogP contribution < -0.4 is 10.6 Å². The molecule has 18 heavy (non-hydrogen) atoms. The van der Waals surface area contributed by atoms with Crippen LogP contribution in [-0.4, -0.2) is 17.9 Å². The number of rotatable bonds is 4. The smallest absolute Gasteiger partial charge is 0.268 e. The second-order valence-electron chi connectivity index (χ2n) is 4.28. The maximum atomic E-state index is 11.9. The van der Waals surface area contributed by atoms with Crippen LogP contribution >= 0.6 is 0 Å². The summed E-state index contributed by atoms with van der Waals surface area (Å²) < 4.78 is 0. The highest BCUT2D eigenvalue weighted by molar-refractivity contribution is 6.00. The topological polar surface area (TPSA) is 58.2 Å². The zero-order valence-corrected chi connectivity index (χ0v) is 10.9. The van der Waals surface area contributed by atoms with Gasteiger partial charge < -0.3 is 10.6 Å². The van der Waals surface area contributed by atoms with E-state index in [-0.39, 0.29) is 23.6 Å². The number of hydrogen-bond donors (Lipinski definition) is 2. The van der Waals surface area contributed by atoms with E-state index in [1.54, 1.807) is 6.08 Å². The number of nitrogens with one attached hydrogen (secondary N) is 2. The normalized spacial score (nSPS) is 11.2. The van der Waals surface area contributed by atoms with Crippen LogP contribution in [0.1, 0.15) is 26.3 Å². The summed E-state index contributed by atoms with van der Waals surface area (Å²) in [5.41, 5.74) is 1.11. The standard InChI is InChI=1S/C14H18N2O2/c1-10(2)15-14(18)13(16-11(3)17)9-12-7-5-4-6-8-12/h4-10H,1-3H3,(H,15,18)(H,16,17). The zero-order chi connectivity index (χ0) is 13.5. The first-order valence-electron chi connectivity index (χ1n) is 5.84. The largest absolute Gasteiger partial charge is 0.349 e. The zero-order valence-electron chi connectivity index (χ0n) is 10.9. The van der Waals surface area contributed by atoms with Gasteiger partial charge in [-0.3, -0.25) is 9.59 Å². The molecule has 0 aliphatic heterocycles. The Morgan fingerprint density at radius 1 is 1.17 bits per heavy atom. The summed E-state index contributed by atoms with van der Waals surface area (Å²) in [6.07, 6.45) is 1.65. The van der Waals surface area contributed by atoms with Crippen LogP contribution in [0, 0.1) is 0 Å². The third-order valence-corrected chi connectivity index (χ3v) is 2.09. The first-order valence-corrected chi connectivity index (χ1v) is 5.84. The summed E-state index contributed by atoms with van der Waals surface area (Å²) in [6.45, 7) is 5.11. The molecule has 2 amide bonds. The Kier molecular flexibility index (Phi) is 5.11. The first kappa shape index (κ1) is 14.0. The van der Waals surface area contributed by atoms with E-state index in [1.165, 1.54) is 6.92 Å². The molecule has 0 heterocycles. The van der Waals surface area contributed by atoms with Gasteiger partial charge in [-0.25, -0.2) is 0 Å². The minimum Gasteiger partial charge on any atom is -0.349 e. The minimum atomic E-state index is -0.288. The van der Waals surface area contributed by atoms with Crippen molar-refractivity contribution in [2.75, 3.05) is 0 Å². The SMILES string of the molecule is CC(=O)NC(=Cc1ccccc1)C(=O)NC(C)C. The number of hydrogen-bond acceptors (Lipinski definition) is 2. The molecule has 96 valence electrons. The Labute approximate surface area is 107 Å². The number of carbonyl (C=O) groups excluding carboxylic acids is 2. The van der Waals surface area contributed by atoms with E-state index in [9.17, 15) is 9.59 Å². The van der Waals surface area contributed by atoms with Gasteiger partial charge in [-0.15, -0.1) is 0 Å². The van der Waals surface area contributed by atoms with Crippen LogP contribution in [0.4, 0.5) is 0 Å². The van der Waals surface area contributed by atoms with Gasteiger partial charge in [0.05, 0.1) is 0 Å². The summed E-state index contributed by atoms with van der Waals surface area (Å²) in [5.74, 6) is -0.555. The van der Waals surface area contributed by atoms with Gasteiger partial charge in [-0.05, 0) is 25.5 Å². The van der Waals surface area contributed by atoms with Crippen LogP contribution in [0.25, 0.3) is 6.08 Å². The average molecular weight is 246 g/mol. The van der Waals surface area contributed by atoms with Crippen LogP contribution in [0.15, 0.2) is 36.0 Å². The van der Waals surface area contributed by atoms with Crippen LogP contribution in [0.5, 0.6) is 0 Å². The van der Waals surface area contributed by atoms with Crippen LogP contribution in [0.2, 0.25) is 0 Å². The molecule has 1 rings (SSSR count). The van der Waals surface area contributed by atoms with Gasteiger partial charge in [-0.1, -0.05) is 30.3 Å². The predicted octanol–water partition coefficient (Wildman–Crippen LogP) is 1.69. The monoisotopic (exact) mass is 246 g/mol. The molecule has 1 aromatic carbocycles. The molecule has 0 radical (unpaired) electrons. The highest BCUT2D eigenvalue weighted by Gasteiger charge is 2.11. The lowest BCUT2D eigenvalue weighted by Crippen LogP contribution is -2.37. The van der Waals surface area contributed by atoms with E-state index in [0.717, 1.165) is 5.56 Å². The summed E-state index contributed by atoms with van der Waals surface area (Å²) in [7, 11) is 0. The molecule has 0 saturated carbocycles. The fraction of sp³-hybridized carbons (Fsp3) is 0.286. The molecular weight excluding hydrogens is 228 g/mol. The minimum absolute atomic E-state index is 0.0189. The van der Waals surface area contributed by atoms with Crippen molar-refractivity contribution < 1.29 is 9.59 Å². The van der Waals surface area contributed by atoms with E-state index in [2.05, 4.69) is 10.6 Å². The van der Waals surface area contributed by atoms with Gasteiger partial charge in [0, 0.05) is 13.0 Å². The van der Waals surface area contributed by atoms with Gasteiger partial charge in [0.25, 0.3) is 5.91 Å². The van der Waals surface area contributed by atoms with Crippen molar-refractivity contribution in [3.63, 3.8) is 0 Å². The number of amides is 2. The lowest BCUT2D eigenvalue weighted by atomic mass is 10.2. The van der Waals surface area contributed by atoms with Gasteiger partial charge in [0.2, 0.25) is 5.91 Å². The lowest BCUT2D eigenvalue weighted by molar-refractivity contribution is -0.122. The van der Waals surface area contributed by atoms with E-state index >= 15 is 0 Å². The number of benzene rings is 1. The third-order valence-electron chi connectivity index (χ3n) is 2.09. The fourth-order valence-corrected chi connectivity index (χ4v) is 1.40. The molecule has 1 aromatic rings. The molecule has 2 N–H and O–H groups in total. The number of carbonyl (C=O) groups is 2. The molecule has 0 bridgehead atoms. The van der Waals surface area contributed by atoms with E-state index in [1.807, 2.05) is 44.2 Å². The highest BCUT2D eigenvalue weighted by Crippen LogP contribution is 2.05. The maximum Gasteiger partial charge on any atom is 0.268 e. The maximum absolute atomic E-state index is 11.9. The quantitative estimate of drug-likeness (QED) is 0.794. The summed E-state index contributed by atoms with van der Waals surface area (Å²) in [6, 6.07) is 9.39. The lowest BCUT2D eigenvalue weighted by Gasteiger charge is -2.11. The Hall–Kier alpha value is -2.10. The van der Waals surface area contributed by atoms with Gasteiger partial charge in [-0.2, -0.15) is 0 Å². The molecular formula is C14H18N2O2. The molecule has 4 heteroatoms. The molecule has 0 saturated heterocycles. The van der Waals surface area contributed by atoms with Gasteiger partial charge in [0.15, 0.2) is 0 Å². The Balaban J connectivity index is 2.94. The second kappa shape index (κ2) is 6.59. The van der Waals surface area contributed by atoms with Gasteiger partial charge >= 0.3 is 0 Å². The second-order valence-corrected chi connectivity index (χ2v) is 4.28. The van der Waals surface area contributed by atoms with E-state index in [0.29, 0.717) is 0 Å². The van der Waals surface area contributed by atoms with Crippen molar-refractivity contribution in [2.24, 2.45) is 0 Å². The van der Waals surface area contributed by atoms with Crippen molar-refractivity contribution in [2.45, 2.75) is 26.8 Å². The Bertz CT molecular complexity index is 450. The van der Waals surface area contributed by atoms with Crippen molar-refractivity contribution in [3.8, 4) is 0 Å². The van der Waals surface area contributed by atoms with Gasteiger partial charge in [0.1, 0.15) is 5.70 Å². The van der Waals surface area contributed by atoms with E-state index < -0.39 is 0 Å². The molecule has 0 aliphatic rings. The predicted molar refractivity (Wildman–Crippen MR) is 71.5 cm³/mol. The Morgan fingerprint density at radius 3 is 2.28 bits per heavy atom. The summed E-state index contributed by atoms with van der Waals surface area (Å²) >= 11 is 0. The van der Waals surface area contributed by atoms with Crippen molar-refractivity contribution in [3.05, 3.63) is 41.6 Å². The van der Waals surface area contributed by atoms with Crippen molar-refractivity contribution in [1.82, 2.24) is 10.6 Å². The molecule has 0 fully saturated rings. The average Bonchev–Trinajstić information content (AvgIpc) is 2.28. The van der Waals surface area contributed by atoms with Crippen molar-refractivity contribution >= 4 is 17.9 Å². The molecule has 0 aromatic heterocycles. The van der Waals surface area contributed by atoms with Crippen LogP contribution in [-0.2, 0) is 9.59 Å². The van der Waals surface area contributed by atoms with Crippen molar-refractivity contribution in [1.29, 1.82) is 0 Å². The Morgan fingerprint density at radius 2 is 1.78 bits per heavy atom. The summed E-state index contributed by atoms with van der Waals surface area (Å²) in [5, 5.41) is 5.29. The first-order chi connectivity index (χ1) is 8.49. The molecule has 0 aliphatic carbocycles. The third kappa shape index (κ3) is 4.82. The molecule has 0 unspecified atom stereocenters. The van der Waals surface area contributed by atoms with E-state index in [4.69, 9.17) is 0 Å². The molecule has 0 atom stereocenters. The molecule has 4 nitrogen and oxygen atoms in total. The highest BCUT2D eigenvalue weighted by atomic mass is 16.2. The molecule has 0 spiro atoms. The fourth-order valence-electron chi connectivity index (χ4n) is 1.40.